The zero-order valence-corrected chi connectivity index (χ0v) is 17.4. The smallest absolute Gasteiger partial charge is 0.220 e. The molecule has 0 aliphatic carbocycles. The van der Waals surface area contributed by atoms with Crippen LogP contribution in [0.15, 0.2) is 0 Å². The number of hydrogen-bond acceptors (Lipinski definition) is 6. The second-order valence-electron chi connectivity index (χ2n) is 4.87. The van der Waals surface area contributed by atoms with Gasteiger partial charge < -0.3 is 29.9 Å². The quantitative estimate of drug-likeness (QED) is 0.275. The summed E-state index contributed by atoms with van der Waals surface area (Å²) in [5, 5.41) is 12.6. The van der Waals surface area contributed by atoms with E-state index in [4.69, 9.17) is 14.7 Å². The van der Waals surface area contributed by atoms with Crippen LogP contribution >= 0.6 is 8.38 Å². The highest BCUT2D eigenvalue weighted by Crippen LogP contribution is 2.33. The standard InChI is InChI=1S/C15H31N2O4P.2CH4O/c1-5-7-9-14(18)16-11-13(21-22(4)20-3)12-17-15(19)10-8-6-2;2*1-2/h13H,5-12H2,1-4H3,(H,16,18)(H,17,19);2*2H,1H3/i1D,2D;2*2T. The van der Waals surface area contributed by atoms with Gasteiger partial charge in [0.1, 0.15) is 0 Å². The largest absolute Gasteiger partial charge is 0.400 e. The minimum Gasteiger partial charge on any atom is -0.400 e. The summed E-state index contributed by atoms with van der Waals surface area (Å²) in [5.74, 6) is -0.145. The SMILES string of the molecule is [2H]CCCCC(=O)NCC(CNC(=O)CCCC[2H])OP(C)OC.[3H]OC.[3H]OC. The highest BCUT2D eigenvalue weighted by molar-refractivity contribution is 7.46. The third-order valence-corrected chi connectivity index (χ3v) is 4.03. The van der Waals surface area contributed by atoms with Crippen molar-refractivity contribution >= 4 is 20.2 Å². The third kappa shape index (κ3) is 21.3. The number of aliphatic hydroxyl groups excluding tert-OH is 2. The number of unbranched alkanes of at least 4 members (excludes halogenated alkanes) is 2. The highest BCUT2D eigenvalue weighted by atomic mass is 31.2. The first-order chi connectivity index (χ1) is 14.4. The lowest BCUT2D eigenvalue weighted by atomic mass is 10.2. The van der Waals surface area contributed by atoms with Crippen LogP contribution < -0.4 is 10.6 Å². The molecule has 0 radical (unpaired) electrons. The van der Waals surface area contributed by atoms with Crippen LogP contribution in [0.25, 0.3) is 0 Å². The Kier molecular flexibility index (Phi) is 20.0. The summed E-state index contributed by atoms with van der Waals surface area (Å²) >= 11 is 0. The fraction of sp³-hybridized carbons (Fsp3) is 0.882. The van der Waals surface area contributed by atoms with Crippen molar-refractivity contribution in [2.24, 2.45) is 0 Å². The number of rotatable bonds is 13. The molecule has 1 atom stereocenters. The van der Waals surface area contributed by atoms with Gasteiger partial charge in [-0.1, -0.05) is 26.6 Å². The van der Waals surface area contributed by atoms with Crippen molar-refractivity contribution in [1.82, 2.24) is 10.6 Å². The Morgan fingerprint density at radius 2 is 1.54 bits per heavy atom. The summed E-state index contributed by atoms with van der Waals surface area (Å²) in [5.41, 5.74) is 0. The Bertz CT molecular complexity index is 362. The van der Waals surface area contributed by atoms with Gasteiger partial charge in [0, 0.05) is 56.7 Å². The molecule has 0 heterocycles. The maximum absolute atomic E-state index is 11.7. The van der Waals surface area contributed by atoms with Crippen LogP contribution in [0.4, 0.5) is 0 Å². The molecule has 0 aromatic heterocycles. The summed E-state index contributed by atoms with van der Waals surface area (Å²) in [7, 11) is 3.08. The summed E-state index contributed by atoms with van der Waals surface area (Å²) in [6, 6.07) is 0. The van der Waals surface area contributed by atoms with Crippen molar-refractivity contribution in [3.8, 4) is 0 Å². The molecule has 0 aliphatic rings. The van der Waals surface area contributed by atoms with E-state index in [1.54, 1.807) is 7.11 Å². The van der Waals surface area contributed by atoms with Crippen LogP contribution in [0.3, 0.4) is 0 Å². The van der Waals surface area contributed by atoms with E-state index >= 15 is 0 Å². The van der Waals surface area contributed by atoms with Crippen molar-refractivity contribution in [3.63, 3.8) is 0 Å². The maximum Gasteiger partial charge on any atom is 0.220 e. The number of hydrogen-bond donors (Lipinski definition) is 4. The number of nitrogens with one attached hydrogen (secondary N) is 2. The Balaban J connectivity index is -0.00000107. The van der Waals surface area contributed by atoms with E-state index in [2.05, 4.69) is 20.9 Å². The van der Waals surface area contributed by atoms with E-state index in [0.717, 1.165) is 0 Å². The molecule has 0 aliphatic heterocycles. The average molecular weight is 405 g/mol. The monoisotopic (exact) mass is 404 g/mol. The van der Waals surface area contributed by atoms with Gasteiger partial charge in [0.05, 0.1) is 6.10 Å². The van der Waals surface area contributed by atoms with Crippen LogP contribution in [0.2, 0.25) is 0 Å². The molecule has 0 aromatic rings. The van der Waals surface area contributed by atoms with Gasteiger partial charge >= 0.3 is 0 Å². The zero-order valence-electron chi connectivity index (χ0n) is 20.5. The molecule has 2 amide bonds. The molecular weight excluding hydrogens is 359 g/mol. The highest BCUT2D eigenvalue weighted by Gasteiger charge is 2.16. The van der Waals surface area contributed by atoms with Gasteiger partial charge in [0.15, 0.2) is 8.38 Å². The molecule has 0 spiro atoms. The summed E-state index contributed by atoms with van der Waals surface area (Å²) < 4.78 is 36.4. The molecule has 9 heteroatoms. The molecule has 158 valence electrons. The second kappa shape index (κ2) is 24.2. The summed E-state index contributed by atoms with van der Waals surface area (Å²) in [6.45, 7) is 3.10. The lowest BCUT2D eigenvalue weighted by molar-refractivity contribution is -0.121. The molecule has 0 fully saturated rings. The predicted octanol–water partition coefficient (Wildman–Crippen LogP) is 1.79. The Morgan fingerprint density at radius 1 is 1.12 bits per heavy atom. The number of carbonyl (C=O) groups is 2. The van der Waals surface area contributed by atoms with Crippen molar-refractivity contribution in [1.29, 1.82) is 2.86 Å². The first-order valence-electron chi connectivity index (χ1n) is 10.6. The molecule has 1 unspecified atom stereocenters. The molecule has 0 aromatic carbocycles. The topological polar surface area (TPSA) is 117 Å². The van der Waals surface area contributed by atoms with Gasteiger partial charge in [0.2, 0.25) is 14.7 Å². The van der Waals surface area contributed by atoms with Gasteiger partial charge in [-0.05, 0) is 12.8 Å². The predicted molar refractivity (Wildman–Crippen MR) is 106 cm³/mol. The van der Waals surface area contributed by atoms with Crippen molar-refractivity contribution in [3.05, 3.63) is 0 Å². The van der Waals surface area contributed by atoms with E-state index in [0.29, 0.717) is 65.4 Å². The number of aliphatic hydroxyl groups is 2. The van der Waals surface area contributed by atoms with Gasteiger partial charge in [0.25, 0.3) is 0 Å². The minimum absolute atomic E-state index is 0.0725. The van der Waals surface area contributed by atoms with Crippen LogP contribution in [-0.2, 0) is 18.6 Å². The second-order valence-corrected chi connectivity index (χ2v) is 6.33. The van der Waals surface area contributed by atoms with E-state index in [9.17, 15) is 9.59 Å². The first kappa shape index (κ1) is 21.5. The average Bonchev–Trinajstić information content (AvgIpc) is 2.71. The molecule has 8 nitrogen and oxygen atoms in total. The molecule has 0 bridgehead atoms. The van der Waals surface area contributed by atoms with Crippen LogP contribution in [0, 0.1) is 0 Å². The van der Waals surface area contributed by atoms with Crippen molar-refractivity contribution < 1.29 is 31.6 Å². The zero-order chi connectivity index (χ0) is 23.6. The normalized spacial score (nSPS) is 12.8. The fourth-order valence-electron chi connectivity index (χ4n) is 1.60. The van der Waals surface area contributed by atoms with E-state index in [-0.39, 0.29) is 17.9 Å². The molecule has 0 saturated heterocycles. The van der Waals surface area contributed by atoms with E-state index in [1.165, 1.54) is 14.2 Å². The van der Waals surface area contributed by atoms with E-state index in [1.807, 2.05) is 6.66 Å². The van der Waals surface area contributed by atoms with Crippen molar-refractivity contribution in [2.45, 2.75) is 58.4 Å². The first-order valence-corrected chi connectivity index (χ1v) is 10.0. The van der Waals surface area contributed by atoms with Crippen LogP contribution in [-0.4, -0.2) is 72.1 Å². The van der Waals surface area contributed by atoms with Gasteiger partial charge in [-0.3, -0.25) is 9.59 Å². The Labute approximate surface area is 165 Å². The number of amides is 2. The van der Waals surface area contributed by atoms with Crippen molar-refractivity contribution in [2.75, 3.05) is 41.1 Å². The molecule has 26 heavy (non-hydrogen) atoms. The lowest BCUT2D eigenvalue weighted by Crippen LogP contribution is -2.40. The van der Waals surface area contributed by atoms with Crippen LogP contribution in [0.1, 0.15) is 55.1 Å². The van der Waals surface area contributed by atoms with Gasteiger partial charge in [-0.25, -0.2) is 0 Å². The van der Waals surface area contributed by atoms with Gasteiger partial charge in [-0.15, -0.1) is 0 Å². The number of carbonyl (C=O) groups excluding carboxylic acids is 2. The van der Waals surface area contributed by atoms with Crippen LogP contribution in [0.5, 0.6) is 0 Å². The Morgan fingerprint density at radius 3 is 1.88 bits per heavy atom. The fourth-order valence-corrected chi connectivity index (χ4v) is 2.26. The third-order valence-electron chi connectivity index (χ3n) is 2.92. The van der Waals surface area contributed by atoms with Gasteiger partial charge in [-0.2, -0.15) is 0 Å². The Hall–Kier alpha value is -0.790. The maximum atomic E-state index is 11.7. The summed E-state index contributed by atoms with van der Waals surface area (Å²) in [4.78, 5) is 23.5. The van der Waals surface area contributed by atoms with E-state index < -0.39 is 8.38 Å². The summed E-state index contributed by atoms with van der Waals surface area (Å²) in [6.07, 6.45) is 3.28. The molecule has 0 rings (SSSR count). The minimum atomic E-state index is -1.06. The molecule has 4 N–H and O–H groups in total. The molecule has 0 saturated carbocycles. The molecular formula is C17H39N2O6P. The lowest BCUT2D eigenvalue weighted by Gasteiger charge is -2.21.